The van der Waals surface area contributed by atoms with E-state index in [0.717, 1.165) is 38.8 Å². The summed E-state index contributed by atoms with van der Waals surface area (Å²) in [5, 5.41) is 3.01. The largest absolute Gasteiger partial charge is 0.379 e. The molecule has 0 aliphatic carbocycles. The van der Waals surface area contributed by atoms with Crippen molar-refractivity contribution in [2.24, 2.45) is 11.7 Å². The number of nitrogens with zero attached hydrogens (tertiary/aromatic N) is 1. The van der Waals surface area contributed by atoms with E-state index in [0.29, 0.717) is 6.67 Å². The van der Waals surface area contributed by atoms with Gasteiger partial charge in [0, 0.05) is 26.3 Å². The lowest BCUT2D eigenvalue weighted by Crippen LogP contribution is -2.29. The fraction of sp³-hybridized carbons (Fsp3) is 1.00. The van der Waals surface area contributed by atoms with Crippen molar-refractivity contribution in [3.8, 4) is 0 Å². The van der Waals surface area contributed by atoms with Crippen LogP contribution in [-0.2, 0) is 4.74 Å². The molecular weight excluding hydrogens is 178 g/mol. The maximum atomic E-state index is 5.43. The first-order valence-corrected chi connectivity index (χ1v) is 5.34. The summed E-state index contributed by atoms with van der Waals surface area (Å²) in [5.74, 6) is 0.721. The summed E-state index contributed by atoms with van der Waals surface area (Å²) in [7, 11) is 2.13. The number of rotatable bonds is 9. The monoisotopic (exact) mass is 203 g/mol. The first-order chi connectivity index (χ1) is 6.66. The van der Waals surface area contributed by atoms with Crippen LogP contribution in [0.2, 0.25) is 0 Å². The molecule has 0 aliphatic heterocycles. The number of likely N-dealkylation sites (N-methyl/N-ethyl adjacent to an activating group) is 1. The van der Waals surface area contributed by atoms with Crippen LogP contribution in [0.4, 0.5) is 0 Å². The number of nitrogens with one attached hydrogen (secondary N) is 1. The molecule has 0 aromatic heterocycles. The summed E-state index contributed by atoms with van der Waals surface area (Å²) in [6.07, 6.45) is 0. The van der Waals surface area contributed by atoms with Gasteiger partial charge in [-0.3, -0.25) is 0 Å². The van der Waals surface area contributed by atoms with Crippen molar-refractivity contribution in [2.75, 3.05) is 46.6 Å². The Kier molecular flexibility index (Phi) is 9.29. The fourth-order valence-electron chi connectivity index (χ4n) is 1.28. The third-order valence-electron chi connectivity index (χ3n) is 1.86. The maximum absolute atomic E-state index is 5.43. The molecule has 0 amide bonds. The molecule has 0 aromatic carbocycles. The number of hydrogen-bond donors (Lipinski definition) is 2. The zero-order valence-corrected chi connectivity index (χ0v) is 9.75. The van der Waals surface area contributed by atoms with Crippen molar-refractivity contribution < 1.29 is 4.74 Å². The second kappa shape index (κ2) is 9.40. The maximum Gasteiger partial charge on any atom is 0.0593 e. The van der Waals surface area contributed by atoms with Crippen LogP contribution in [0.1, 0.15) is 13.8 Å². The molecule has 86 valence electrons. The van der Waals surface area contributed by atoms with Gasteiger partial charge >= 0.3 is 0 Å². The van der Waals surface area contributed by atoms with Crippen LogP contribution in [0, 0.1) is 5.92 Å². The average molecular weight is 203 g/mol. The predicted octanol–water partition coefficient (Wildman–Crippen LogP) is 0.0966. The number of nitrogens with two attached hydrogens (primary N) is 1. The Hall–Kier alpha value is -0.160. The summed E-state index contributed by atoms with van der Waals surface area (Å²) >= 11 is 0. The molecule has 0 aromatic rings. The highest BCUT2D eigenvalue weighted by Crippen LogP contribution is 1.94. The zero-order chi connectivity index (χ0) is 10.8. The Morgan fingerprint density at radius 3 is 2.64 bits per heavy atom. The molecule has 4 nitrogen and oxygen atoms in total. The quantitative estimate of drug-likeness (QED) is 0.412. The summed E-state index contributed by atoms with van der Waals surface area (Å²) < 4.78 is 5.43. The van der Waals surface area contributed by atoms with E-state index in [2.05, 4.69) is 31.1 Å². The van der Waals surface area contributed by atoms with Gasteiger partial charge in [-0.05, 0) is 13.0 Å². The van der Waals surface area contributed by atoms with Crippen LogP contribution >= 0.6 is 0 Å². The van der Waals surface area contributed by atoms with Gasteiger partial charge in [0.05, 0.1) is 13.2 Å². The second-order valence-electron chi connectivity index (χ2n) is 3.97. The van der Waals surface area contributed by atoms with Crippen molar-refractivity contribution in [1.29, 1.82) is 0 Å². The van der Waals surface area contributed by atoms with Crippen molar-refractivity contribution >= 4 is 0 Å². The van der Waals surface area contributed by atoms with Crippen LogP contribution in [0.25, 0.3) is 0 Å². The SMILES string of the molecule is CC(C)CN(C)CCOCCNCN. The first kappa shape index (κ1) is 13.8. The summed E-state index contributed by atoms with van der Waals surface area (Å²) in [4.78, 5) is 2.29. The second-order valence-corrected chi connectivity index (χ2v) is 3.97. The van der Waals surface area contributed by atoms with Gasteiger partial charge in [-0.1, -0.05) is 13.8 Å². The zero-order valence-electron chi connectivity index (χ0n) is 9.75. The van der Waals surface area contributed by atoms with E-state index in [1.54, 1.807) is 0 Å². The van der Waals surface area contributed by atoms with Gasteiger partial charge in [-0.15, -0.1) is 0 Å². The van der Waals surface area contributed by atoms with E-state index in [1.807, 2.05) is 0 Å². The highest BCUT2D eigenvalue weighted by atomic mass is 16.5. The highest BCUT2D eigenvalue weighted by molar-refractivity contribution is 4.53. The molecule has 3 N–H and O–H groups in total. The van der Waals surface area contributed by atoms with E-state index in [-0.39, 0.29) is 0 Å². The summed E-state index contributed by atoms with van der Waals surface area (Å²) in [5.41, 5.74) is 5.27. The molecule has 0 atom stereocenters. The lowest BCUT2D eigenvalue weighted by atomic mass is 10.2. The minimum Gasteiger partial charge on any atom is -0.379 e. The Labute approximate surface area is 87.8 Å². The van der Waals surface area contributed by atoms with Gasteiger partial charge < -0.3 is 20.7 Å². The van der Waals surface area contributed by atoms with Crippen LogP contribution in [-0.4, -0.2) is 51.5 Å². The summed E-state index contributed by atoms with van der Waals surface area (Å²) in [6.45, 7) is 9.49. The molecule has 0 radical (unpaired) electrons. The van der Waals surface area contributed by atoms with Crippen LogP contribution < -0.4 is 11.1 Å². The van der Waals surface area contributed by atoms with Gasteiger partial charge in [0.25, 0.3) is 0 Å². The molecule has 0 fully saturated rings. The van der Waals surface area contributed by atoms with Crippen molar-refractivity contribution in [2.45, 2.75) is 13.8 Å². The van der Waals surface area contributed by atoms with E-state index >= 15 is 0 Å². The van der Waals surface area contributed by atoms with Gasteiger partial charge in [0.2, 0.25) is 0 Å². The van der Waals surface area contributed by atoms with Crippen LogP contribution in [0.3, 0.4) is 0 Å². The Morgan fingerprint density at radius 2 is 2.07 bits per heavy atom. The molecule has 0 aliphatic rings. The third-order valence-corrected chi connectivity index (χ3v) is 1.86. The lowest BCUT2D eigenvalue weighted by molar-refractivity contribution is 0.110. The Balaban J connectivity index is 3.10. The fourth-order valence-corrected chi connectivity index (χ4v) is 1.28. The van der Waals surface area contributed by atoms with E-state index in [1.165, 1.54) is 0 Å². The molecule has 0 saturated carbocycles. The molecule has 0 saturated heterocycles. The molecule has 4 heteroatoms. The Bertz CT molecular complexity index is 120. The minimum absolute atomic E-state index is 0.524. The smallest absolute Gasteiger partial charge is 0.0593 e. The number of hydrogen-bond acceptors (Lipinski definition) is 4. The van der Waals surface area contributed by atoms with E-state index in [4.69, 9.17) is 10.5 Å². The average Bonchev–Trinajstić information content (AvgIpc) is 2.10. The van der Waals surface area contributed by atoms with Gasteiger partial charge in [0.1, 0.15) is 0 Å². The molecule has 0 rings (SSSR count). The highest BCUT2D eigenvalue weighted by Gasteiger charge is 2.00. The first-order valence-electron chi connectivity index (χ1n) is 5.34. The molecule has 0 heterocycles. The molecule has 0 unspecified atom stereocenters. The van der Waals surface area contributed by atoms with Crippen molar-refractivity contribution in [3.05, 3.63) is 0 Å². The van der Waals surface area contributed by atoms with Crippen molar-refractivity contribution in [3.63, 3.8) is 0 Å². The molecule has 0 spiro atoms. The third kappa shape index (κ3) is 9.92. The van der Waals surface area contributed by atoms with Crippen molar-refractivity contribution in [1.82, 2.24) is 10.2 Å². The summed E-state index contributed by atoms with van der Waals surface area (Å²) in [6, 6.07) is 0. The molecule has 0 bridgehead atoms. The normalized spacial score (nSPS) is 11.6. The lowest BCUT2D eigenvalue weighted by Gasteiger charge is -2.18. The molecular formula is C10H25N3O. The van der Waals surface area contributed by atoms with Gasteiger partial charge in [-0.2, -0.15) is 0 Å². The number of ether oxygens (including phenoxy) is 1. The van der Waals surface area contributed by atoms with E-state index in [9.17, 15) is 0 Å². The predicted molar refractivity (Wildman–Crippen MR) is 60.2 cm³/mol. The van der Waals surface area contributed by atoms with Crippen LogP contribution in [0.5, 0.6) is 0 Å². The van der Waals surface area contributed by atoms with E-state index < -0.39 is 0 Å². The molecule has 14 heavy (non-hydrogen) atoms. The van der Waals surface area contributed by atoms with Crippen LogP contribution in [0.15, 0.2) is 0 Å². The van der Waals surface area contributed by atoms with Gasteiger partial charge in [0.15, 0.2) is 0 Å². The standard InChI is InChI=1S/C10H25N3O/c1-10(2)8-13(3)5-7-14-6-4-12-9-11/h10,12H,4-9,11H2,1-3H3. The topological polar surface area (TPSA) is 50.5 Å². The minimum atomic E-state index is 0.524. The Morgan fingerprint density at radius 1 is 1.36 bits per heavy atom. The van der Waals surface area contributed by atoms with Gasteiger partial charge in [-0.25, -0.2) is 0 Å².